The molecule has 9 nitrogen and oxygen atoms in total. The Morgan fingerprint density at radius 1 is 1.20 bits per heavy atom. The van der Waals surface area contributed by atoms with Crippen molar-refractivity contribution in [3.63, 3.8) is 0 Å². The summed E-state index contributed by atoms with van der Waals surface area (Å²) in [6, 6.07) is 8.82. The highest BCUT2D eigenvalue weighted by Gasteiger charge is 2.44. The minimum Gasteiger partial charge on any atom is -0.488 e. The number of hydrogen-bond acceptors (Lipinski definition) is 7. The van der Waals surface area contributed by atoms with Crippen molar-refractivity contribution in [2.45, 2.75) is 68.6 Å². The number of β-amino-alcohol motifs (C(OH)–C–C–N with tert-alkyl or cyclic N) is 1. The zero-order valence-corrected chi connectivity index (χ0v) is 20.6. The molecule has 1 amide bonds. The first kappa shape index (κ1) is 27.0. The standard InChI is InChI=1S/C24H31FN2O7S/c1-24(2,3)34-18-9-7-15(8-10-18)11-20(23(30)31)26-22(29)21-13-17(28)14-27(21)35(32,33)19-6-4-5-16(25)12-19/h4-10,12,17,20-21,23,28,30-31H,11,13-14H2,1-3H3,(H,26,29). The first-order valence-corrected chi connectivity index (χ1v) is 12.6. The van der Waals surface area contributed by atoms with Gasteiger partial charge in [0.05, 0.1) is 17.0 Å². The number of sulfonamides is 1. The molecule has 0 saturated carbocycles. The quantitative estimate of drug-likeness (QED) is 0.391. The van der Waals surface area contributed by atoms with Gasteiger partial charge in [-0.15, -0.1) is 0 Å². The first-order chi connectivity index (χ1) is 16.3. The van der Waals surface area contributed by atoms with Crippen molar-refractivity contribution in [2.24, 2.45) is 0 Å². The van der Waals surface area contributed by atoms with Crippen molar-refractivity contribution in [3.05, 3.63) is 59.9 Å². The van der Waals surface area contributed by atoms with Gasteiger partial charge in [-0.3, -0.25) is 4.79 Å². The van der Waals surface area contributed by atoms with Crippen LogP contribution in [0.15, 0.2) is 53.4 Å². The molecule has 0 radical (unpaired) electrons. The maximum absolute atomic E-state index is 13.6. The van der Waals surface area contributed by atoms with Crippen LogP contribution in [-0.2, 0) is 21.2 Å². The van der Waals surface area contributed by atoms with Gasteiger partial charge in [0, 0.05) is 13.0 Å². The molecule has 1 aliphatic heterocycles. The third-order valence-corrected chi connectivity index (χ3v) is 7.30. The number of nitrogens with zero attached hydrogens (tertiary/aromatic N) is 1. The first-order valence-electron chi connectivity index (χ1n) is 11.2. The zero-order valence-electron chi connectivity index (χ0n) is 19.8. The van der Waals surface area contributed by atoms with Gasteiger partial charge in [-0.2, -0.15) is 4.31 Å². The molecule has 3 rings (SSSR count). The fraction of sp³-hybridized carbons (Fsp3) is 0.458. The van der Waals surface area contributed by atoms with E-state index in [9.17, 15) is 32.9 Å². The fourth-order valence-electron chi connectivity index (χ4n) is 3.86. The molecule has 0 aliphatic carbocycles. The molecule has 11 heteroatoms. The summed E-state index contributed by atoms with van der Waals surface area (Å²) in [5, 5.41) is 32.3. The summed E-state index contributed by atoms with van der Waals surface area (Å²) in [5.41, 5.74) is 0.295. The van der Waals surface area contributed by atoms with Crippen LogP contribution in [0.3, 0.4) is 0 Å². The molecule has 192 valence electrons. The molecule has 4 N–H and O–H groups in total. The lowest BCUT2D eigenvalue weighted by Gasteiger charge is -2.27. The number of aliphatic hydroxyl groups excluding tert-OH is 2. The minimum atomic E-state index is -4.29. The number of ether oxygens (including phenoxy) is 1. The molecule has 3 atom stereocenters. The topological polar surface area (TPSA) is 136 Å². The summed E-state index contributed by atoms with van der Waals surface area (Å²) in [7, 11) is -4.29. The lowest BCUT2D eigenvalue weighted by Crippen LogP contribution is -2.52. The monoisotopic (exact) mass is 510 g/mol. The predicted octanol–water partition coefficient (Wildman–Crippen LogP) is 1.17. The van der Waals surface area contributed by atoms with Gasteiger partial charge in [0.25, 0.3) is 0 Å². The van der Waals surface area contributed by atoms with Gasteiger partial charge in [-0.1, -0.05) is 18.2 Å². The van der Waals surface area contributed by atoms with Crippen molar-refractivity contribution in [1.29, 1.82) is 0 Å². The number of benzene rings is 2. The number of hydrogen-bond donors (Lipinski definition) is 4. The second-order valence-corrected chi connectivity index (χ2v) is 11.4. The molecule has 1 fully saturated rings. The Bertz CT molecular complexity index is 1130. The smallest absolute Gasteiger partial charge is 0.243 e. The molecular weight excluding hydrogens is 479 g/mol. The van der Waals surface area contributed by atoms with Crippen LogP contribution in [0.4, 0.5) is 4.39 Å². The molecule has 1 aliphatic rings. The molecule has 1 saturated heterocycles. The van der Waals surface area contributed by atoms with Crippen molar-refractivity contribution in [1.82, 2.24) is 9.62 Å². The average molecular weight is 511 g/mol. The van der Waals surface area contributed by atoms with Crippen LogP contribution in [0.5, 0.6) is 5.75 Å². The van der Waals surface area contributed by atoms with E-state index in [0.717, 1.165) is 16.4 Å². The van der Waals surface area contributed by atoms with E-state index in [-0.39, 0.29) is 29.9 Å². The van der Waals surface area contributed by atoms with Crippen LogP contribution in [0.25, 0.3) is 0 Å². The molecule has 2 aromatic rings. The van der Waals surface area contributed by atoms with Crippen molar-refractivity contribution in [3.8, 4) is 5.75 Å². The molecule has 35 heavy (non-hydrogen) atoms. The number of carbonyl (C=O) groups excluding carboxylic acids is 1. The second kappa shape index (κ2) is 10.6. The summed E-state index contributed by atoms with van der Waals surface area (Å²) >= 11 is 0. The van der Waals surface area contributed by atoms with E-state index >= 15 is 0 Å². The lowest BCUT2D eigenvalue weighted by atomic mass is 10.0. The van der Waals surface area contributed by atoms with E-state index in [2.05, 4.69) is 5.32 Å². The molecule has 2 aromatic carbocycles. The Labute approximate surface area is 204 Å². The van der Waals surface area contributed by atoms with E-state index in [1.165, 1.54) is 12.1 Å². The molecule has 0 spiro atoms. The fourth-order valence-corrected chi connectivity index (χ4v) is 5.53. The lowest BCUT2D eigenvalue weighted by molar-refractivity contribution is -0.130. The summed E-state index contributed by atoms with van der Waals surface area (Å²) in [6.45, 7) is 5.38. The van der Waals surface area contributed by atoms with Gasteiger partial charge in [-0.25, -0.2) is 12.8 Å². The van der Waals surface area contributed by atoms with Crippen LogP contribution in [0.1, 0.15) is 32.8 Å². The van der Waals surface area contributed by atoms with Crippen LogP contribution in [0.2, 0.25) is 0 Å². The van der Waals surface area contributed by atoms with E-state index in [0.29, 0.717) is 11.3 Å². The van der Waals surface area contributed by atoms with Crippen LogP contribution < -0.4 is 10.1 Å². The number of carbonyl (C=O) groups is 1. The number of nitrogens with one attached hydrogen (secondary N) is 1. The highest BCUT2D eigenvalue weighted by Crippen LogP contribution is 2.27. The highest BCUT2D eigenvalue weighted by molar-refractivity contribution is 7.89. The Morgan fingerprint density at radius 2 is 1.86 bits per heavy atom. The van der Waals surface area contributed by atoms with E-state index in [4.69, 9.17) is 4.74 Å². The number of amides is 1. The zero-order chi connectivity index (χ0) is 26.0. The molecule has 0 bridgehead atoms. The minimum absolute atomic E-state index is 0.0468. The molecular formula is C24H31FN2O7S. The van der Waals surface area contributed by atoms with E-state index in [1.54, 1.807) is 24.3 Å². The summed E-state index contributed by atoms with van der Waals surface area (Å²) in [6.07, 6.45) is -3.18. The SMILES string of the molecule is CC(C)(C)Oc1ccc(CC(NC(=O)C2CC(O)CN2S(=O)(=O)c2cccc(F)c2)C(O)O)cc1. The summed E-state index contributed by atoms with van der Waals surface area (Å²) < 4.78 is 46.3. The molecule has 3 unspecified atom stereocenters. The third-order valence-electron chi connectivity index (χ3n) is 5.43. The predicted molar refractivity (Wildman–Crippen MR) is 125 cm³/mol. The van der Waals surface area contributed by atoms with Crippen molar-refractivity contribution < 1.29 is 37.7 Å². The van der Waals surface area contributed by atoms with Crippen LogP contribution >= 0.6 is 0 Å². The third kappa shape index (κ3) is 6.98. The van der Waals surface area contributed by atoms with Gasteiger partial charge in [0.1, 0.15) is 23.2 Å². The highest BCUT2D eigenvalue weighted by atomic mass is 32.2. The summed E-state index contributed by atoms with van der Waals surface area (Å²) in [5.74, 6) is -0.925. The number of rotatable bonds is 8. The van der Waals surface area contributed by atoms with E-state index < -0.39 is 46.2 Å². The average Bonchev–Trinajstić information content (AvgIpc) is 3.16. The van der Waals surface area contributed by atoms with Crippen molar-refractivity contribution >= 4 is 15.9 Å². The number of aliphatic hydroxyl groups is 3. The van der Waals surface area contributed by atoms with Crippen LogP contribution in [0, 0.1) is 5.82 Å². The Balaban J connectivity index is 1.75. The van der Waals surface area contributed by atoms with Gasteiger partial charge in [0.2, 0.25) is 15.9 Å². The van der Waals surface area contributed by atoms with Crippen molar-refractivity contribution in [2.75, 3.05) is 6.54 Å². The largest absolute Gasteiger partial charge is 0.488 e. The summed E-state index contributed by atoms with van der Waals surface area (Å²) in [4.78, 5) is 12.7. The van der Waals surface area contributed by atoms with Gasteiger partial charge < -0.3 is 25.4 Å². The Kier molecular flexibility index (Phi) is 8.17. The Morgan fingerprint density at radius 3 is 2.43 bits per heavy atom. The maximum Gasteiger partial charge on any atom is 0.243 e. The van der Waals surface area contributed by atoms with Gasteiger partial charge in [-0.05, 0) is 63.1 Å². The van der Waals surface area contributed by atoms with Gasteiger partial charge in [0.15, 0.2) is 6.29 Å². The molecule has 1 heterocycles. The maximum atomic E-state index is 13.6. The number of halogens is 1. The van der Waals surface area contributed by atoms with E-state index in [1.807, 2.05) is 20.8 Å². The van der Waals surface area contributed by atoms with Crippen LogP contribution in [-0.4, -0.2) is 70.6 Å². The van der Waals surface area contributed by atoms with Gasteiger partial charge >= 0.3 is 0 Å². The second-order valence-electron chi connectivity index (χ2n) is 9.53. The Hall–Kier alpha value is -2.57. The normalized spacial score (nSPS) is 20.1. The molecule has 0 aromatic heterocycles.